The van der Waals surface area contributed by atoms with E-state index in [0.29, 0.717) is 54.9 Å². The average Bonchev–Trinajstić information content (AvgIpc) is 3.19. The molecule has 4 aromatic rings. The molecule has 2 aliphatic rings. The Morgan fingerprint density at radius 3 is 1.73 bits per heavy atom. The summed E-state index contributed by atoms with van der Waals surface area (Å²) in [6.45, 7) is 17.8. The zero-order chi connectivity index (χ0) is 43.5. The van der Waals surface area contributed by atoms with Crippen LogP contribution in [0.4, 0.5) is 17.1 Å². The molecule has 0 spiro atoms. The molecule has 0 atom stereocenters. The molecule has 2 N–H and O–H groups in total. The zero-order valence-electron chi connectivity index (χ0n) is 36.8. The second-order valence-electron chi connectivity index (χ2n) is 18.5. The van der Waals surface area contributed by atoms with Crippen LogP contribution in [-0.4, -0.2) is 14.2 Å². The number of unbranched alkanes of at least 4 members (excludes halogenated alkanes) is 10. The lowest BCUT2D eigenvalue weighted by molar-refractivity contribution is 0.406. The van der Waals surface area contributed by atoms with E-state index in [9.17, 15) is 14.7 Å². The third-order valence-corrected chi connectivity index (χ3v) is 13.4. The number of aromatic hydroxyl groups is 1. The van der Waals surface area contributed by atoms with Gasteiger partial charge in [0.05, 0.1) is 47.4 Å². The van der Waals surface area contributed by atoms with Gasteiger partial charge in [-0.2, -0.15) is 0 Å². The number of nitrogens with zero attached hydrogens (tertiary/aromatic N) is 3. The smallest absolute Gasteiger partial charge is 0.263 e. The number of hydrogen-bond acceptors (Lipinski definition) is 6. The van der Waals surface area contributed by atoms with E-state index in [2.05, 4.69) is 111 Å². The molecule has 0 amide bonds. The fourth-order valence-electron chi connectivity index (χ4n) is 8.35. The van der Waals surface area contributed by atoms with Gasteiger partial charge < -0.3 is 10.4 Å². The summed E-state index contributed by atoms with van der Waals surface area (Å²) in [5.41, 5.74) is 2.96. The molecule has 320 valence electrons. The van der Waals surface area contributed by atoms with Gasteiger partial charge in [0.2, 0.25) is 5.88 Å². The van der Waals surface area contributed by atoms with Gasteiger partial charge in [0.1, 0.15) is 0 Å². The first kappa shape index (κ1) is 45.5. The van der Waals surface area contributed by atoms with Crippen LogP contribution in [0.15, 0.2) is 76.9 Å². The maximum atomic E-state index is 15.1. The van der Waals surface area contributed by atoms with Crippen molar-refractivity contribution < 1.29 is 5.11 Å². The van der Waals surface area contributed by atoms with Crippen LogP contribution in [0, 0.1) is 0 Å². The van der Waals surface area contributed by atoms with E-state index in [0.717, 1.165) is 81.0 Å². The van der Waals surface area contributed by atoms with E-state index >= 15 is 4.79 Å². The van der Waals surface area contributed by atoms with Gasteiger partial charge >= 0.3 is 0 Å². The van der Waals surface area contributed by atoms with Gasteiger partial charge in [-0.25, -0.2) is 4.99 Å². The highest BCUT2D eigenvalue weighted by atomic mass is 79.9. The number of benzene rings is 4. The minimum Gasteiger partial charge on any atom is -0.494 e. The van der Waals surface area contributed by atoms with Crippen LogP contribution in [0.25, 0.3) is 32.7 Å². The van der Waals surface area contributed by atoms with Crippen molar-refractivity contribution in [2.24, 2.45) is 4.99 Å². The fourth-order valence-corrected chi connectivity index (χ4v) is 9.67. The van der Waals surface area contributed by atoms with Gasteiger partial charge in [-0.3, -0.25) is 23.5 Å². The molecular weight excluding hydrogens is 880 g/mol. The number of anilines is 2. The Morgan fingerprint density at radius 2 is 1.13 bits per heavy atom. The normalized spacial score (nSPS) is 12.8. The van der Waals surface area contributed by atoms with E-state index in [1.807, 2.05) is 30.3 Å². The van der Waals surface area contributed by atoms with E-state index in [4.69, 9.17) is 4.99 Å². The molecule has 1 aromatic heterocycles. The van der Waals surface area contributed by atoms with E-state index < -0.39 is 16.7 Å². The molecule has 0 saturated carbocycles. The van der Waals surface area contributed by atoms with Crippen molar-refractivity contribution in [1.82, 2.24) is 9.13 Å². The number of nitrogens with one attached hydrogen (secondary N) is 1. The summed E-state index contributed by atoms with van der Waals surface area (Å²) in [7, 11) is 0. The molecule has 2 heterocycles. The van der Waals surface area contributed by atoms with Crippen LogP contribution in [0.2, 0.25) is 0 Å². The van der Waals surface area contributed by atoms with E-state index in [-0.39, 0.29) is 46.1 Å². The van der Waals surface area contributed by atoms with Crippen LogP contribution < -0.4 is 27.4 Å². The van der Waals surface area contributed by atoms with Crippen LogP contribution in [0.1, 0.15) is 144 Å². The van der Waals surface area contributed by atoms with Crippen molar-refractivity contribution in [2.45, 2.75) is 156 Å². The molecule has 3 aromatic carbocycles. The Morgan fingerprint density at radius 1 is 0.600 bits per heavy atom. The highest BCUT2D eigenvalue weighted by Crippen LogP contribution is 2.47. The molecular formula is C50H62Br2N4O4. The lowest BCUT2D eigenvalue weighted by Gasteiger charge is -2.25. The summed E-state index contributed by atoms with van der Waals surface area (Å²) in [6.07, 6.45) is 12.0. The van der Waals surface area contributed by atoms with Gasteiger partial charge in [-0.05, 0) is 90.9 Å². The highest BCUT2D eigenvalue weighted by Gasteiger charge is 2.34. The Balaban J connectivity index is 1.75. The molecule has 0 fully saturated rings. The van der Waals surface area contributed by atoms with Crippen molar-refractivity contribution in [3.05, 3.63) is 105 Å². The molecule has 10 heteroatoms. The van der Waals surface area contributed by atoms with Gasteiger partial charge in [0.15, 0.2) is 0 Å². The van der Waals surface area contributed by atoms with Crippen LogP contribution in [0.5, 0.6) is 5.88 Å². The molecule has 60 heavy (non-hydrogen) atoms. The first-order chi connectivity index (χ1) is 28.5. The van der Waals surface area contributed by atoms with Crippen molar-refractivity contribution in [2.75, 3.05) is 5.32 Å². The highest BCUT2D eigenvalue weighted by molar-refractivity contribution is 9.11. The number of aromatic nitrogens is 2. The molecule has 0 unspecified atom stereocenters. The molecule has 6 rings (SSSR count). The maximum absolute atomic E-state index is 15.1. The van der Waals surface area contributed by atoms with E-state index in [1.54, 1.807) is 0 Å². The molecule has 0 saturated heterocycles. The predicted octanol–water partition coefficient (Wildman–Crippen LogP) is 13.2. The Kier molecular flexibility index (Phi) is 14.4. The summed E-state index contributed by atoms with van der Waals surface area (Å²) in [6, 6.07) is 16.0. The summed E-state index contributed by atoms with van der Waals surface area (Å²) in [5, 5.41) is 17.6. The largest absolute Gasteiger partial charge is 0.494 e. The number of halogens is 2. The molecule has 8 nitrogen and oxygen atoms in total. The van der Waals surface area contributed by atoms with Gasteiger partial charge in [0, 0.05) is 29.7 Å². The lowest BCUT2D eigenvalue weighted by atomic mass is 9.86. The third-order valence-electron chi connectivity index (χ3n) is 11.9. The zero-order valence-corrected chi connectivity index (χ0v) is 40.0. The standard InChI is InChI=1S/C50H62Br2N4O4/c1-9-11-13-15-17-19-27-55-45(57)37-35-36-39(43(41(37)51)53-33-25-21-23-31(29-33)49(3,4)5)47(59)56(28-20-18-16-14-12-10-2)48(60)40(36)44(42(52)38(35)46(55)58)54-34-26-22-24-32(30-34)50(6,7)8/h21-26,29-30,53,60H,9-20,27-28H2,1-8H3. The topological polar surface area (TPSA) is 106 Å². The minimum absolute atomic E-state index is 0.147. The Hall–Kier alpha value is -4.02. The van der Waals surface area contributed by atoms with Crippen LogP contribution in [0.3, 0.4) is 0 Å². The van der Waals surface area contributed by atoms with Crippen LogP contribution in [-0.2, 0) is 23.9 Å². The van der Waals surface area contributed by atoms with Crippen molar-refractivity contribution in [3.63, 3.8) is 0 Å². The summed E-state index contributed by atoms with van der Waals surface area (Å²) >= 11 is 7.71. The monoisotopic (exact) mass is 940 g/mol. The predicted molar refractivity (Wildman–Crippen MR) is 258 cm³/mol. The summed E-state index contributed by atoms with van der Waals surface area (Å²) < 4.78 is 3.57. The van der Waals surface area contributed by atoms with Gasteiger partial charge in [-0.1, -0.05) is 144 Å². The quantitative estimate of drug-likeness (QED) is 0.0700. The first-order valence-corrected chi connectivity index (χ1v) is 23.6. The van der Waals surface area contributed by atoms with Gasteiger partial charge in [-0.15, -0.1) is 0 Å². The van der Waals surface area contributed by atoms with Crippen molar-refractivity contribution in [1.29, 1.82) is 0 Å². The summed E-state index contributed by atoms with van der Waals surface area (Å²) in [4.78, 5) is 50.1. The van der Waals surface area contributed by atoms with Crippen molar-refractivity contribution >= 4 is 70.5 Å². The molecule has 1 aliphatic heterocycles. The van der Waals surface area contributed by atoms with Crippen LogP contribution >= 0.6 is 31.9 Å². The number of hydrogen-bond donors (Lipinski definition) is 2. The molecule has 0 bridgehead atoms. The second-order valence-corrected chi connectivity index (χ2v) is 20.1. The first-order valence-electron chi connectivity index (χ1n) is 22.0. The van der Waals surface area contributed by atoms with Crippen molar-refractivity contribution in [3.8, 4) is 17.0 Å². The Bertz CT molecular complexity index is 2690. The Labute approximate surface area is 371 Å². The fraction of sp³-hybridized carbons (Fsp3) is 0.480. The second kappa shape index (κ2) is 18.9. The number of rotatable bonds is 17. The minimum atomic E-state index is -0.447. The average molecular weight is 943 g/mol. The molecule has 1 aliphatic carbocycles. The molecule has 0 radical (unpaired) electrons. The van der Waals surface area contributed by atoms with Gasteiger partial charge in [0.25, 0.3) is 16.7 Å². The lowest BCUT2D eigenvalue weighted by Crippen LogP contribution is -2.37. The SMILES string of the molecule is CCCCCCCCn1c(O)c2c(=Nc3cccc(C(C)(C)C)c3)c(Br)c3c(=O)n(CCCCCCCC)c(=O)c4c(Br)c(Nc5cccc(C(C)(C)C)c5)c(c1=O)c2c4-3. The third kappa shape index (κ3) is 9.25. The summed E-state index contributed by atoms with van der Waals surface area (Å²) in [5.74, 6) is -0.234. The maximum Gasteiger partial charge on any atom is 0.263 e. The van der Waals surface area contributed by atoms with E-state index in [1.165, 1.54) is 9.13 Å². The number of pyridine rings is 2.